The molecule has 1 fully saturated rings. The molecule has 2 nitrogen and oxygen atoms in total. The molecule has 0 radical (unpaired) electrons. The van der Waals surface area contributed by atoms with E-state index in [1.54, 1.807) is 0 Å². The van der Waals surface area contributed by atoms with Crippen LogP contribution in [0, 0.1) is 17.2 Å². The van der Waals surface area contributed by atoms with Crippen molar-refractivity contribution in [1.29, 1.82) is 5.26 Å². The van der Waals surface area contributed by atoms with Gasteiger partial charge in [0, 0.05) is 6.04 Å². The lowest BCUT2D eigenvalue weighted by atomic mass is 9.99. The van der Waals surface area contributed by atoms with E-state index < -0.39 is 0 Å². The van der Waals surface area contributed by atoms with Gasteiger partial charge in [-0.3, -0.25) is 0 Å². The van der Waals surface area contributed by atoms with Crippen molar-refractivity contribution in [2.24, 2.45) is 11.7 Å². The van der Waals surface area contributed by atoms with Crippen LogP contribution in [-0.2, 0) is 6.42 Å². The molecule has 2 aromatic rings. The zero-order valence-corrected chi connectivity index (χ0v) is 11.4. The third-order valence-electron chi connectivity index (χ3n) is 3.99. The largest absolute Gasteiger partial charge is 0.324 e. The first-order chi connectivity index (χ1) is 9.76. The average molecular weight is 262 g/mol. The zero-order chi connectivity index (χ0) is 13.9. The molecule has 1 aliphatic carbocycles. The van der Waals surface area contributed by atoms with Gasteiger partial charge in [-0.15, -0.1) is 0 Å². The van der Waals surface area contributed by atoms with E-state index in [1.165, 1.54) is 29.5 Å². The van der Waals surface area contributed by atoms with Gasteiger partial charge in [0.25, 0.3) is 0 Å². The first-order valence-electron chi connectivity index (χ1n) is 7.10. The monoisotopic (exact) mass is 262 g/mol. The van der Waals surface area contributed by atoms with Crippen molar-refractivity contribution in [3.8, 4) is 6.07 Å². The summed E-state index contributed by atoms with van der Waals surface area (Å²) in [7, 11) is 0. The van der Waals surface area contributed by atoms with Gasteiger partial charge >= 0.3 is 0 Å². The summed E-state index contributed by atoms with van der Waals surface area (Å²) in [5.41, 5.74) is 10.7. The van der Waals surface area contributed by atoms with E-state index >= 15 is 0 Å². The molecule has 0 aliphatic heterocycles. The molecule has 3 rings (SSSR count). The predicted octanol–water partition coefficient (Wildman–Crippen LogP) is 3.56. The molecule has 2 heteroatoms. The number of nitrogens with two attached hydrogens (primary N) is 1. The Morgan fingerprint density at radius 1 is 1.00 bits per heavy atom. The maximum absolute atomic E-state index is 8.79. The van der Waals surface area contributed by atoms with Crippen LogP contribution in [0.3, 0.4) is 0 Å². The molecule has 1 aliphatic rings. The van der Waals surface area contributed by atoms with Gasteiger partial charge in [-0.1, -0.05) is 36.4 Å². The molecule has 0 amide bonds. The average Bonchev–Trinajstić information content (AvgIpc) is 3.33. The summed E-state index contributed by atoms with van der Waals surface area (Å²) in [6, 6.07) is 18.8. The van der Waals surface area contributed by atoms with Crippen LogP contribution < -0.4 is 5.73 Å². The number of hydrogen-bond donors (Lipinski definition) is 1. The first kappa shape index (κ1) is 12.9. The van der Waals surface area contributed by atoms with Gasteiger partial charge in [-0.05, 0) is 54.0 Å². The summed E-state index contributed by atoms with van der Waals surface area (Å²) in [4.78, 5) is 0. The van der Waals surface area contributed by atoms with Crippen LogP contribution in [0.5, 0.6) is 0 Å². The lowest BCUT2D eigenvalue weighted by Crippen LogP contribution is -2.12. The van der Waals surface area contributed by atoms with Gasteiger partial charge in [0.2, 0.25) is 0 Å². The third kappa shape index (κ3) is 2.89. The van der Waals surface area contributed by atoms with Gasteiger partial charge in [-0.2, -0.15) is 5.26 Å². The number of nitriles is 1. The van der Waals surface area contributed by atoms with Crippen LogP contribution >= 0.6 is 0 Å². The minimum absolute atomic E-state index is 0.207. The van der Waals surface area contributed by atoms with Gasteiger partial charge in [0.1, 0.15) is 0 Å². The molecule has 2 N–H and O–H groups in total. The van der Waals surface area contributed by atoms with Crippen molar-refractivity contribution < 1.29 is 0 Å². The number of rotatable bonds is 4. The summed E-state index contributed by atoms with van der Waals surface area (Å²) >= 11 is 0. The SMILES string of the molecule is N#Cc1ccc(Cc2ccc([C@H](N)C3CC3)cc2)cc1. The quantitative estimate of drug-likeness (QED) is 0.916. The second-order valence-corrected chi connectivity index (χ2v) is 5.59. The molecule has 0 unspecified atom stereocenters. The summed E-state index contributed by atoms with van der Waals surface area (Å²) < 4.78 is 0. The second-order valence-electron chi connectivity index (χ2n) is 5.59. The Morgan fingerprint density at radius 3 is 2.05 bits per heavy atom. The van der Waals surface area contributed by atoms with Crippen LogP contribution in [0.2, 0.25) is 0 Å². The topological polar surface area (TPSA) is 49.8 Å². The Labute approximate surface area is 119 Å². The Balaban J connectivity index is 1.69. The summed E-state index contributed by atoms with van der Waals surface area (Å²) in [6.45, 7) is 0. The third-order valence-corrected chi connectivity index (χ3v) is 3.99. The molecule has 1 saturated carbocycles. The van der Waals surface area contributed by atoms with Gasteiger partial charge < -0.3 is 5.73 Å². The summed E-state index contributed by atoms with van der Waals surface area (Å²) in [6.07, 6.45) is 3.44. The maximum atomic E-state index is 8.79. The van der Waals surface area contributed by atoms with E-state index in [2.05, 4.69) is 30.3 Å². The molecule has 1 atom stereocenters. The molecule has 0 bridgehead atoms. The van der Waals surface area contributed by atoms with E-state index in [-0.39, 0.29) is 6.04 Å². The van der Waals surface area contributed by atoms with Crippen molar-refractivity contribution in [1.82, 2.24) is 0 Å². The highest BCUT2D eigenvalue weighted by molar-refractivity contribution is 5.35. The summed E-state index contributed by atoms with van der Waals surface area (Å²) in [5.74, 6) is 0.694. The molecular weight excluding hydrogens is 244 g/mol. The van der Waals surface area contributed by atoms with Gasteiger partial charge in [0.15, 0.2) is 0 Å². The van der Waals surface area contributed by atoms with Crippen LogP contribution in [0.1, 0.15) is 41.1 Å². The Morgan fingerprint density at radius 2 is 1.55 bits per heavy atom. The minimum Gasteiger partial charge on any atom is -0.324 e. The highest BCUT2D eigenvalue weighted by atomic mass is 14.7. The van der Waals surface area contributed by atoms with Crippen LogP contribution in [0.15, 0.2) is 48.5 Å². The highest BCUT2D eigenvalue weighted by Gasteiger charge is 2.29. The van der Waals surface area contributed by atoms with Crippen LogP contribution in [0.25, 0.3) is 0 Å². The molecule has 0 aromatic heterocycles. The predicted molar refractivity (Wildman–Crippen MR) is 80.1 cm³/mol. The van der Waals surface area contributed by atoms with E-state index in [1.807, 2.05) is 24.3 Å². The normalized spacial score (nSPS) is 15.6. The van der Waals surface area contributed by atoms with E-state index in [0.717, 1.165) is 6.42 Å². The van der Waals surface area contributed by atoms with Crippen molar-refractivity contribution in [3.05, 3.63) is 70.8 Å². The Kier molecular flexibility index (Phi) is 3.54. The fourth-order valence-electron chi connectivity index (χ4n) is 2.52. The second kappa shape index (κ2) is 5.48. The molecule has 2 aromatic carbocycles. The smallest absolute Gasteiger partial charge is 0.0991 e. The minimum atomic E-state index is 0.207. The zero-order valence-electron chi connectivity index (χ0n) is 11.4. The Hall–Kier alpha value is -2.11. The summed E-state index contributed by atoms with van der Waals surface area (Å²) in [5, 5.41) is 8.79. The maximum Gasteiger partial charge on any atom is 0.0991 e. The molecule has 0 heterocycles. The van der Waals surface area contributed by atoms with Crippen molar-refractivity contribution in [2.45, 2.75) is 25.3 Å². The van der Waals surface area contributed by atoms with Crippen molar-refractivity contribution in [2.75, 3.05) is 0 Å². The molecular formula is C18H18N2. The van der Waals surface area contributed by atoms with Gasteiger partial charge in [0.05, 0.1) is 11.6 Å². The van der Waals surface area contributed by atoms with E-state index in [4.69, 9.17) is 11.0 Å². The number of hydrogen-bond acceptors (Lipinski definition) is 2. The van der Waals surface area contributed by atoms with Gasteiger partial charge in [-0.25, -0.2) is 0 Å². The molecule has 20 heavy (non-hydrogen) atoms. The van der Waals surface area contributed by atoms with E-state index in [0.29, 0.717) is 11.5 Å². The van der Waals surface area contributed by atoms with E-state index in [9.17, 15) is 0 Å². The van der Waals surface area contributed by atoms with Crippen molar-refractivity contribution in [3.63, 3.8) is 0 Å². The lowest BCUT2D eigenvalue weighted by molar-refractivity contribution is 0.633. The standard InChI is InChI=1S/C18H18N2/c19-12-15-3-1-13(2-4-15)11-14-5-7-16(8-6-14)18(20)17-9-10-17/h1-8,17-18H,9-11,20H2/t18-/m0/s1. The molecule has 100 valence electrons. The fourth-order valence-corrected chi connectivity index (χ4v) is 2.52. The number of nitrogens with zero attached hydrogens (tertiary/aromatic N) is 1. The van der Waals surface area contributed by atoms with Crippen molar-refractivity contribution >= 4 is 0 Å². The van der Waals surface area contributed by atoms with Crippen LogP contribution in [-0.4, -0.2) is 0 Å². The molecule has 0 saturated heterocycles. The highest BCUT2D eigenvalue weighted by Crippen LogP contribution is 2.39. The molecule has 0 spiro atoms. The lowest BCUT2D eigenvalue weighted by Gasteiger charge is -2.11. The first-order valence-corrected chi connectivity index (χ1v) is 7.10. The Bertz CT molecular complexity index is 616. The fraction of sp³-hybridized carbons (Fsp3) is 0.278. The van der Waals surface area contributed by atoms with Crippen LogP contribution in [0.4, 0.5) is 0 Å². The number of benzene rings is 2.